The molecular weight excluding hydrogens is 380 g/mol. The van der Waals surface area contributed by atoms with Gasteiger partial charge in [-0.15, -0.1) is 0 Å². The van der Waals surface area contributed by atoms with Crippen LogP contribution in [0.3, 0.4) is 0 Å². The first-order chi connectivity index (χ1) is 14.7. The van der Waals surface area contributed by atoms with Gasteiger partial charge in [-0.1, -0.05) is 83.3 Å². The number of ether oxygens (including phenoxy) is 2. The van der Waals surface area contributed by atoms with Crippen LogP contribution in [-0.2, 0) is 9.47 Å². The Bertz CT molecular complexity index is 401. The van der Waals surface area contributed by atoms with Gasteiger partial charge in [-0.05, 0) is 32.1 Å². The number of hydrogen-bond acceptors (Lipinski definition) is 5. The van der Waals surface area contributed by atoms with Crippen LogP contribution in [0.1, 0.15) is 103 Å². The van der Waals surface area contributed by atoms with Crippen LogP contribution >= 0.6 is 0 Å². The minimum Gasteiger partial charge on any atom is -0.388 e. The third-order valence-electron chi connectivity index (χ3n) is 5.94. The molecule has 178 valence electrons. The third kappa shape index (κ3) is 13.8. The minimum atomic E-state index is -1.15. The van der Waals surface area contributed by atoms with Crippen LogP contribution < -0.4 is 0 Å². The van der Waals surface area contributed by atoms with Gasteiger partial charge in [0.15, 0.2) is 0 Å². The quantitative estimate of drug-likeness (QED) is 0.201. The maximum absolute atomic E-state index is 9.84. The number of rotatable bonds is 19. The zero-order valence-corrected chi connectivity index (χ0v) is 19.4. The van der Waals surface area contributed by atoms with Crippen molar-refractivity contribution in [3.8, 4) is 0 Å². The molecule has 0 spiro atoms. The van der Waals surface area contributed by atoms with E-state index in [9.17, 15) is 15.3 Å². The zero-order valence-electron chi connectivity index (χ0n) is 19.4. The molecule has 0 saturated carbocycles. The van der Waals surface area contributed by atoms with Crippen LogP contribution in [0.4, 0.5) is 0 Å². The van der Waals surface area contributed by atoms with Crippen LogP contribution in [0.5, 0.6) is 0 Å². The largest absolute Gasteiger partial charge is 0.388 e. The SMILES string of the molecule is CCCCC/C=C/CCCCCCCCCCCCOC[C@H]1OC[C@H](O)[C@@H](O)[C@@H]1O. The molecule has 0 aromatic heterocycles. The molecule has 0 aromatic carbocycles. The molecule has 0 aliphatic carbocycles. The molecular formula is C25H48O5. The molecule has 0 bridgehead atoms. The summed E-state index contributed by atoms with van der Waals surface area (Å²) < 4.78 is 10.9. The van der Waals surface area contributed by atoms with Gasteiger partial charge in [-0.25, -0.2) is 0 Å². The van der Waals surface area contributed by atoms with Crippen molar-refractivity contribution in [2.24, 2.45) is 0 Å². The number of aliphatic hydroxyl groups excluding tert-OH is 3. The fraction of sp³-hybridized carbons (Fsp3) is 0.920. The average Bonchev–Trinajstić information content (AvgIpc) is 2.75. The van der Waals surface area contributed by atoms with Crippen molar-refractivity contribution in [1.82, 2.24) is 0 Å². The predicted molar refractivity (Wildman–Crippen MR) is 123 cm³/mol. The molecule has 1 fully saturated rings. The zero-order chi connectivity index (χ0) is 21.9. The van der Waals surface area contributed by atoms with Gasteiger partial charge >= 0.3 is 0 Å². The van der Waals surface area contributed by atoms with Crippen molar-refractivity contribution in [2.75, 3.05) is 19.8 Å². The number of hydrogen-bond donors (Lipinski definition) is 3. The Balaban J connectivity index is 1.77. The van der Waals surface area contributed by atoms with Crippen molar-refractivity contribution in [3.05, 3.63) is 12.2 Å². The second kappa shape index (κ2) is 19.2. The molecule has 0 radical (unpaired) electrons. The first-order valence-corrected chi connectivity index (χ1v) is 12.5. The van der Waals surface area contributed by atoms with E-state index in [1.807, 2.05) is 0 Å². The van der Waals surface area contributed by atoms with E-state index < -0.39 is 24.4 Å². The lowest BCUT2D eigenvalue weighted by Crippen LogP contribution is -2.54. The highest BCUT2D eigenvalue weighted by Crippen LogP contribution is 2.16. The van der Waals surface area contributed by atoms with Crippen LogP contribution in [0.15, 0.2) is 12.2 Å². The fourth-order valence-corrected chi connectivity index (χ4v) is 3.84. The Labute approximate surface area is 184 Å². The second-order valence-corrected chi connectivity index (χ2v) is 8.79. The maximum atomic E-state index is 9.84. The lowest BCUT2D eigenvalue weighted by molar-refractivity contribution is -0.199. The standard InChI is InChI=1S/C25H48O5/c1-2-3-4-5-6-7-8-9-10-11-12-13-14-15-16-17-18-19-29-21-23-25(28)24(27)22(26)20-30-23/h6-7,22-28H,2-5,8-21H2,1H3/b7-6+/t22-,23+,24+,25+/m0/s1. The summed E-state index contributed by atoms with van der Waals surface area (Å²) in [6.07, 6.45) is 20.3. The molecule has 30 heavy (non-hydrogen) atoms. The Hall–Kier alpha value is -0.460. The molecule has 5 heteroatoms. The van der Waals surface area contributed by atoms with Crippen molar-refractivity contribution >= 4 is 0 Å². The predicted octanol–water partition coefficient (Wildman–Crippen LogP) is 4.91. The summed E-state index contributed by atoms with van der Waals surface area (Å²) in [7, 11) is 0. The molecule has 0 aromatic rings. The van der Waals surface area contributed by atoms with Crippen LogP contribution in [0, 0.1) is 0 Å². The number of aliphatic hydroxyl groups is 3. The summed E-state index contributed by atoms with van der Waals surface area (Å²) >= 11 is 0. The van der Waals surface area contributed by atoms with E-state index in [0.717, 1.165) is 6.42 Å². The number of allylic oxidation sites excluding steroid dienone is 2. The number of unbranched alkanes of at least 4 members (excludes halogenated alkanes) is 13. The molecule has 1 heterocycles. The van der Waals surface area contributed by atoms with E-state index in [2.05, 4.69) is 19.1 Å². The van der Waals surface area contributed by atoms with Crippen molar-refractivity contribution in [2.45, 2.75) is 128 Å². The maximum Gasteiger partial charge on any atom is 0.111 e. The molecule has 1 rings (SSSR count). The van der Waals surface area contributed by atoms with Crippen LogP contribution in [0.25, 0.3) is 0 Å². The normalized spacial score (nSPS) is 24.7. The van der Waals surface area contributed by atoms with E-state index >= 15 is 0 Å². The first kappa shape index (κ1) is 27.6. The van der Waals surface area contributed by atoms with Crippen molar-refractivity contribution < 1.29 is 24.8 Å². The smallest absolute Gasteiger partial charge is 0.111 e. The van der Waals surface area contributed by atoms with Gasteiger partial charge in [-0.3, -0.25) is 0 Å². The minimum absolute atomic E-state index is 0.0441. The van der Waals surface area contributed by atoms with E-state index in [4.69, 9.17) is 9.47 Å². The molecule has 1 saturated heterocycles. The van der Waals surface area contributed by atoms with Gasteiger partial charge < -0.3 is 24.8 Å². The molecule has 4 atom stereocenters. The van der Waals surface area contributed by atoms with E-state index in [-0.39, 0.29) is 13.2 Å². The fourth-order valence-electron chi connectivity index (χ4n) is 3.84. The highest BCUT2D eigenvalue weighted by molar-refractivity contribution is 4.86. The monoisotopic (exact) mass is 428 g/mol. The Kier molecular flexibility index (Phi) is 17.7. The second-order valence-electron chi connectivity index (χ2n) is 8.79. The molecule has 0 amide bonds. The highest BCUT2D eigenvalue weighted by Gasteiger charge is 2.37. The van der Waals surface area contributed by atoms with E-state index in [0.29, 0.717) is 6.61 Å². The van der Waals surface area contributed by atoms with Gasteiger partial charge in [-0.2, -0.15) is 0 Å². The summed E-state index contributed by atoms with van der Waals surface area (Å²) in [4.78, 5) is 0. The summed E-state index contributed by atoms with van der Waals surface area (Å²) in [6, 6.07) is 0. The molecule has 5 nitrogen and oxygen atoms in total. The Morgan fingerprint density at radius 3 is 1.87 bits per heavy atom. The molecule has 3 N–H and O–H groups in total. The Morgan fingerprint density at radius 2 is 1.27 bits per heavy atom. The first-order valence-electron chi connectivity index (χ1n) is 12.5. The highest BCUT2D eigenvalue weighted by atomic mass is 16.6. The molecule has 1 aliphatic heterocycles. The van der Waals surface area contributed by atoms with Crippen LogP contribution in [-0.4, -0.2) is 59.6 Å². The van der Waals surface area contributed by atoms with E-state index in [1.165, 1.54) is 89.9 Å². The van der Waals surface area contributed by atoms with Gasteiger partial charge in [0.1, 0.15) is 24.4 Å². The Morgan fingerprint density at radius 1 is 0.733 bits per heavy atom. The summed E-state index contributed by atoms with van der Waals surface area (Å²) in [6.45, 7) is 3.21. The van der Waals surface area contributed by atoms with Gasteiger partial charge in [0, 0.05) is 6.61 Å². The van der Waals surface area contributed by atoms with E-state index in [1.54, 1.807) is 0 Å². The lowest BCUT2D eigenvalue weighted by Gasteiger charge is -2.35. The van der Waals surface area contributed by atoms with Gasteiger partial charge in [0.2, 0.25) is 0 Å². The molecule has 0 unspecified atom stereocenters. The van der Waals surface area contributed by atoms with Crippen molar-refractivity contribution in [1.29, 1.82) is 0 Å². The summed E-state index contributed by atoms with van der Waals surface area (Å²) in [5.41, 5.74) is 0. The van der Waals surface area contributed by atoms with Gasteiger partial charge in [0.05, 0.1) is 13.2 Å². The average molecular weight is 429 g/mol. The topological polar surface area (TPSA) is 79.2 Å². The summed E-state index contributed by atoms with van der Waals surface area (Å²) in [5.74, 6) is 0. The van der Waals surface area contributed by atoms with Crippen LogP contribution in [0.2, 0.25) is 0 Å². The summed E-state index contributed by atoms with van der Waals surface area (Å²) in [5, 5.41) is 28.9. The third-order valence-corrected chi connectivity index (χ3v) is 5.94. The molecule has 1 aliphatic rings. The van der Waals surface area contributed by atoms with Crippen molar-refractivity contribution in [3.63, 3.8) is 0 Å². The lowest BCUT2D eigenvalue weighted by atomic mass is 10.0. The van der Waals surface area contributed by atoms with Gasteiger partial charge in [0.25, 0.3) is 0 Å².